The highest BCUT2D eigenvalue weighted by Gasteiger charge is 2.28. The third-order valence-corrected chi connectivity index (χ3v) is 2.82. The lowest BCUT2D eigenvalue weighted by Crippen LogP contribution is -2.51. The van der Waals surface area contributed by atoms with E-state index in [4.69, 9.17) is 5.11 Å². The van der Waals surface area contributed by atoms with Crippen LogP contribution in [0.25, 0.3) is 0 Å². The fourth-order valence-electron chi connectivity index (χ4n) is 2.05. The summed E-state index contributed by atoms with van der Waals surface area (Å²) in [6, 6.07) is -0.422. The molecule has 1 aromatic rings. The first-order valence-electron chi connectivity index (χ1n) is 5.71. The average Bonchev–Trinajstić information content (AvgIpc) is 2.28. The van der Waals surface area contributed by atoms with Crippen LogP contribution in [-0.4, -0.2) is 46.5 Å². The molecule has 1 saturated heterocycles. The number of halogens is 1. The highest BCUT2D eigenvalue weighted by Crippen LogP contribution is 2.19. The number of nitrogens with zero attached hydrogens (tertiary/aromatic N) is 3. The SMILES string of the molecule is Cc1cnc(N2C[C@@H](F)C[C@H](NC(=O)O)C2)cn1. The quantitative estimate of drug-likeness (QED) is 0.822. The van der Waals surface area contributed by atoms with E-state index in [0.29, 0.717) is 12.4 Å². The van der Waals surface area contributed by atoms with Crippen molar-refractivity contribution in [3.63, 3.8) is 0 Å². The molecule has 0 spiro atoms. The normalized spacial score (nSPS) is 23.8. The maximum Gasteiger partial charge on any atom is 0.404 e. The van der Waals surface area contributed by atoms with E-state index in [2.05, 4.69) is 15.3 Å². The predicted molar refractivity (Wildman–Crippen MR) is 63.4 cm³/mol. The predicted octanol–water partition coefficient (Wildman–Crippen LogP) is 0.969. The number of aromatic nitrogens is 2. The van der Waals surface area contributed by atoms with Gasteiger partial charge in [-0.2, -0.15) is 0 Å². The largest absolute Gasteiger partial charge is 0.465 e. The number of aryl methyl sites for hydroxylation is 1. The van der Waals surface area contributed by atoms with Crippen LogP contribution < -0.4 is 10.2 Å². The zero-order valence-corrected chi connectivity index (χ0v) is 10.0. The van der Waals surface area contributed by atoms with Gasteiger partial charge in [0.1, 0.15) is 12.0 Å². The zero-order valence-electron chi connectivity index (χ0n) is 10.0. The minimum atomic E-state index is -1.14. The molecule has 2 atom stereocenters. The van der Waals surface area contributed by atoms with Gasteiger partial charge in [-0.15, -0.1) is 0 Å². The van der Waals surface area contributed by atoms with Crippen LogP contribution in [0.4, 0.5) is 15.0 Å². The van der Waals surface area contributed by atoms with Gasteiger partial charge >= 0.3 is 6.09 Å². The molecule has 6 nitrogen and oxygen atoms in total. The Morgan fingerprint density at radius 1 is 1.50 bits per heavy atom. The second-order valence-corrected chi connectivity index (χ2v) is 4.40. The standard InChI is InChI=1S/C11H15FN4O2/c1-7-3-14-10(4-13-7)16-5-8(12)2-9(6-16)15-11(17)18/h3-4,8-9,15H,2,5-6H2,1H3,(H,17,18)/t8-,9-/m0/s1. The highest BCUT2D eigenvalue weighted by atomic mass is 19.1. The van der Waals surface area contributed by atoms with Crippen LogP contribution in [-0.2, 0) is 0 Å². The molecule has 98 valence electrons. The number of piperidine rings is 1. The van der Waals surface area contributed by atoms with Gasteiger partial charge in [0.2, 0.25) is 0 Å². The molecule has 1 fully saturated rings. The number of amides is 1. The zero-order chi connectivity index (χ0) is 13.1. The fourth-order valence-corrected chi connectivity index (χ4v) is 2.05. The van der Waals surface area contributed by atoms with E-state index in [-0.39, 0.29) is 13.0 Å². The molecule has 1 aliphatic rings. The average molecular weight is 254 g/mol. The Labute approximate surface area is 104 Å². The molecule has 1 aliphatic heterocycles. The number of hydrogen-bond donors (Lipinski definition) is 2. The Bertz CT molecular complexity index is 426. The summed E-state index contributed by atoms with van der Waals surface area (Å²) in [5.74, 6) is 0.570. The van der Waals surface area contributed by atoms with Crippen LogP contribution >= 0.6 is 0 Å². The summed E-state index contributed by atoms with van der Waals surface area (Å²) in [6.07, 6.45) is 1.17. The minimum Gasteiger partial charge on any atom is -0.465 e. The molecule has 0 aliphatic carbocycles. The van der Waals surface area contributed by atoms with Crippen molar-refractivity contribution in [3.05, 3.63) is 18.1 Å². The maximum absolute atomic E-state index is 13.6. The smallest absolute Gasteiger partial charge is 0.404 e. The summed E-state index contributed by atoms with van der Waals surface area (Å²) in [5, 5.41) is 11.0. The Kier molecular flexibility index (Phi) is 3.59. The molecule has 0 radical (unpaired) electrons. The lowest BCUT2D eigenvalue weighted by molar-refractivity contribution is 0.181. The molecule has 0 aromatic carbocycles. The molecule has 1 amide bonds. The Morgan fingerprint density at radius 3 is 2.89 bits per heavy atom. The van der Waals surface area contributed by atoms with Crippen LogP contribution in [0.3, 0.4) is 0 Å². The number of rotatable bonds is 2. The van der Waals surface area contributed by atoms with E-state index in [9.17, 15) is 9.18 Å². The van der Waals surface area contributed by atoms with Crippen LogP contribution in [0.5, 0.6) is 0 Å². The number of hydrogen-bond acceptors (Lipinski definition) is 4. The van der Waals surface area contributed by atoms with Gasteiger partial charge in [0.25, 0.3) is 0 Å². The summed E-state index contributed by atoms with van der Waals surface area (Å²) in [4.78, 5) is 20.6. The Hall–Kier alpha value is -1.92. The first-order chi connectivity index (χ1) is 8.54. The van der Waals surface area contributed by atoms with Crippen LogP contribution in [0.2, 0.25) is 0 Å². The molecular weight excluding hydrogens is 239 g/mol. The van der Waals surface area contributed by atoms with Crippen molar-refractivity contribution in [2.24, 2.45) is 0 Å². The van der Waals surface area contributed by atoms with Crippen molar-refractivity contribution in [3.8, 4) is 0 Å². The number of alkyl halides is 1. The molecule has 2 heterocycles. The lowest BCUT2D eigenvalue weighted by Gasteiger charge is -2.35. The third-order valence-electron chi connectivity index (χ3n) is 2.82. The fraction of sp³-hybridized carbons (Fsp3) is 0.545. The monoisotopic (exact) mass is 254 g/mol. The molecule has 2 N–H and O–H groups in total. The van der Waals surface area contributed by atoms with Gasteiger partial charge in [-0.25, -0.2) is 14.2 Å². The van der Waals surface area contributed by atoms with Gasteiger partial charge < -0.3 is 15.3 Å². The van der Waals surface area contributed by atoms with Crippen molar-refractivity contribution in [1.29, 1.82) is 0 Å². The van der Waals surface area contributed by atoms with Crippen LogP contribution in [0, 0.1) is 6.92 Å². The maximum atomic E-state index is 13.6. The molecule has 18 heavy (non-hydrogen) atoms. The summed E-state index contributed by atoms with van der Waals surface area (Å²) >= 11 is 0. The highest BCUT2D eigenvalue weighted by molar-refractivity contribution is 5.65. The van der Waals surface area contributed by atoms with Crippen molar-refractivity contribution in [2.45, 2.75) is 25.6 Å². The number of carboxylic acid groups (broad SMARTS) is 1. The minimum absolute atomic E-state index is 0.197. The van der Waals surface area contributed by atoms with Gasteiger partial charge in [-0.1, -0.05) is 0 Å². The van der Waals surface area contributed by atoms with E-state index in [1.807, 2.05) is 6.92 Å². The molecule has 2 rings (SSSR count). The second kappa shape index (κ2) is 5.16. The molecule has 0 saturated carbocycles. The van der Waals surface area contributed by atoms with Crippen LogP contribution in [0.1, 0.15) is 12.1 Å². The van der Waals surface area contributed by atoms with Gasteiger partial charge in [0.05, 0.1) is 30.7 Å². The van der Waals surface area contributed by atoms with E-state index in [1.165, 1.54) is 0 Å². The number of anilines is 1. The van der Waals surface area contributed by atoms with E-state index >= 15 is 0 Å². The number of nitrogens with one attached hydrogen (secondary N) is 1. The molecular formula is C11H15FN4O2. The lowest BCUT2D eigenvalue weighted by atomic mass is 10.0. The van der Waals surface area contributed by atoms with E-state index in [1.54, 1.807) is 17.3 Å². The molecule has 0 bridgehead atoms. The van der Waals surface area contributed by atoms with Gasteiger partial charge in [-0.3, -0.25) is 4.98 Å². The Balaban J connectivity index is 2.08. The second-order valence-electron chi connectivity index (χ2n) is 4.40. The van der Waals surface area contributed by atoms with E-state index in [0.717, 1.165) is 5.69 Å². The van der Waals surface area contributed by atoms with Crippen molar-refractivity contribution in [1.82, 2.24) is 15.3 Å². The van der Waals surface area contributed by atoms with E-state index < -0.39 is 18.3 Å². The van der Waals surface area contributed by atoms with Crippen molar-refractivity contribution in [2.75, 3.05) is 18.0 Å². The number of carbonyl (C=O) groups is 1. The summed E-state index contributed by atoms with van der Waals surface area (Å²) in [6.45, 7) is 2.44. The van der Waals surface area contributed by atoms with Gasteiger partial charge in [0.15, 0.2) is 0 Å². The third kappa shape index (κ3) is 3.06. The molecule has 1 aromatic heterocycles. The van der Waals surface area contributed by atoms with Crippen molar-refractivity contribution >= 4 is 11.9 Å². The Morgan fingerprint density at radius 2 is 2.28 bits per heavy atom. The molecule has 0 unspecified atom stereocenters. The van der Waals surface area contributed by atoms with Gasteiger partial charge in [0, 0.05) is 13.0 Å². The summed E-state index contributed by atoms with van der Waals surface area (Å²) in [5.41, 5.74) is 0.785. The summed E-state index contributed by atoms with van der Waals surface area (Å²) < 4.78 is 13.6. The van der Waals surface area contributed by atoms with Crippen molar-refractivity contribution < 1.29 is 14.3 Å². The first-order valence-corrected chi connectivity index (χ1v) is 5.71. The summed E-state index contributed by atoms with van der Waals surface area (Å²) in [7, 11) is 0. The first kappa shape index (κ1) is 12.5. The van der Waals surface area contributed by atoms with Gasteiger partial charge in [-0.05, 0) is 6.92 Å². The molecule has 7 heteroatoms. The van der Waals surface area contributed by atoms with Crippen LogP contribution in [0.15, 0.2) is 12.4 Å². The topological polar surface area (TPSA) is 78.4 Å².